The standard InChI is InChI=1S/C18H22N4OS/c1-13-11-19-18(24-13)22-9-7-21(8-10-22)17(23)15-12-20(2)16-6-4-3-5-14(15)16/h3-6,12-13H,7-11H2,1-2H3. The lowest BCUT2D eigenvalue weighted by atomic mass is 10.1. The average molecular weight is 342 g/mol. The van der Waals surface area contributed by atoms with Crippen molar-refractivity contribution in [3.05, 3.63) is 36.0 Å². The minimum Gasteiger partial charge on any atom is -0.350 e. The number of aryl methyl sites for hydroxylation is 1. The fourth-order valence-electron chi connectivity index (χ4n) is 3.42. The van der Waals surface area contributed by atoms with Gasteiger partial charge in [-0.2, -0.15) is 0 Å². The molecular weight excluding hydrogens is 320 g/mol. The van der Waals surface area contributed by atoms with E-state index in [9.17, 15) is 4.79 Å². The molecule has 0 saturated carbocycles. The third kappa shape index (κ3) is 2.69. The molecule has 1 fully saturated rings. The zero-order valence-electron chi connectivity index (χ0n) is 14.1. The summed E-state index contributed by atoms with van der Waals surface area (Å²) in [5.41, 5.74) is 1.91. The Labute approximate surface area is 146 Å². The van der Waals surface area contributed by atoms with Crippen LogP contribution in [0.25, 0.3) is 10.9 Å². The number of rotatable bonds is 1. The maximum atomic E-state index is 13.0. The Kier molecular flexibility index (Phi) is 4.00. The maximum Gasteiger partial charge on any atom is 0.256 e. The van der Waals surface area contributed by atoms with E-state index in [2.05, 4.69) is 22.9 Å². The van der Waals surface area contributed by atoms with E-state index in [0.29, 0.717) is 5.25 Å². The van der Waals surface area contributed by atoms with Gasteiger partial charge in [-0.15, -0.1) is 0 Å². The first-order valence-electron chi connectivity index (χ1n) is 8.43. The van der Waals surface area contributed by atoms with Crippen LogP contribution in [0.2, 0.25) is 0 Å². The second kappa shape index (κ2) is 6.16. The van der Waals surface area contributed by atoms with Crippen molar-refractivity contribution in [1.29, 1.82) is 0 Å². The van der Waals surface area contributed by atoms with Crippen LogP contribution in [0, 0.1) is 0 Å². The SMILES string of the molecule is CC1CN=C(N2CCN(C(=O)c3cn(C)c4ccccc34)CC2)S1. The molecule has 0 aliphatic carbocycles. The smallest absolute Gasteiger partial charge is 0.256 e. The van der Waals surface area contributed by atoms with Crippen molar-refractivity contribution in [1.82, 2.24) is 14.4 Å². The molecule has 1 aromatic carbocycles. The molecule has 2 aromatic rings. The first kappa shape index (κ1) is 15.6. The molecule has 1 saturated heterocycles. The molecule has 1 aromatic heterocycles. The van der Waals surface area contributed by atoms with E-state index in [1.165, 1.54) is 0 Å². The number of hydrogen-bond acceptors (Lipinski definition) is 4. The van der Waals surface area contributed by atoms with Gasteiger partial charge in [-0.3, -0.25) is 9.79 Å². The van der Waals surface area contributed by atoms with Crippen LogP contribution in [0.1, 0.15) is 17.3 Å². The van der Waals surface area contributed by atoms with Crippen molar-refractivity contribution in [2.45, 2.75) is 12.2 Å². The van der Waals surface area contributed by atoms with Gasteiger partial charge in [0.2, 0.25) is 0 Å². The number of carbonyl (C=O) groups excluding carboxylic acids is 1. The minimum absolute atomic E-state index is 0.140. The quantitative estimate of drug-likeness (QED) is 0.799. The molecule has 4 rings (SSSR count). The third-order valence-electron chi connectivity index (χ3n) is 4.76. The molecule has 24 heavy (non-hydrogen) atoms. The second-order valence-electron chi connectivity index (χ2n) is 6.50. The summed E-state index contributed by atoms with van der Waals surface area (Å²) in [5, 5.41) is 2.77. The number of benzene rings is 1. The van der Waals surface area contributed by atoms with Crippen LogP contribution < -0.4 is 0 Å². The Morgan fingerprint density at radius 3 is 2.67 bits per heavy atom. The van der Waals surface area contributed by atoms with Gasteiger partial charge < -0.3 is 14.4 Å². The number of nitrogens with zero attached hydrogens (tertiary/aromatic N) is 4. The predicted molar refractivity (Wildman–Crippen MR) is 99.8 cm³/mol. The summed E-state index contributed by atoms with van der Waals surface area (Å²) < 4.78 is 2.03. The van der Waals surface area contributed by atoms with Gasteiger partial charge in [0.05, 0.1) is 12.1 Å². The van der Waals surface area contributed by atoms with Crippen LogP contribution in [0.5, 0.6) is 0 Å². The molecule has 5 nitrogen and oxygen atoms in total. The molecule has 0 N–H and O–H groups in total. The number of carbonyl (C=O) groups is 1. The van der Waals surface area contributed by atoms with Crippen LogP contribution in [0.3, 0.4) is 0 Å². The van der Waals surface area contributed by atoms with Gasteiger partial charge in [-0.25, -0.2) is 0 Å². The van der Waals surface area contributed by atoms with Crippen molar-refractivity contribution in [3.63, 3.8) is 0 Å². The molecule has 0 radical (unpaired) electrons. The summed E-state index contributed by atoms with van der Waals surface area (Å²) in [5.74, 6) is 0.140. The highest BCUT2D eigenvalue weighted by molar-refractivity contribution is 8.14. The third-order valence-corrected chi connectivity index (χ3v) is 5.90. The first-order chi connectivity index (χ1) is 11.6. The number of para-hydroxylation sites is 1. The first-order valence-corrected chi connectivity index (χ1v) is 9.31. The topological polar surface area (TPSA) is 40.8 Å². The van der Waals surface area contributed by atoms with Gasteiger partial charge in [0.15, 0.2) is 5.17 Å². The summed E-state index contributed by atoms with van der Waals surface area (Å²) in [6, 6.07) is 8.09. The van der Waals surface area contributed by atoms with Gasteiger partial charge >= 0.3 is 0 Å². The van der Waals surface area contributed by atoms with Crippen molar-refractivity contribution in [2.24, 2.45) is 12.0 Å². The second-order valence-corrected chi connectivity index (χ2v) is 7.91. The molecular formula is C18H22N4OS. The van der Waals surface area contributed by atoms with E-state index in [1.54, 1.807) is 0 Å². The summed E-state index contributed by atoms with van der Waals surface area (Å²) in [6.07, 6.45) is 1.96. The fraction of sp³-hybridized carbons (Fsp3) is 0.444. The number of amidine groups is 1. The highest BCUT2D eigenvalue weighted by atomic mass is 32.2. The van der Waals surface area contributed by atoms with Crippen LogP contribution in [-0.4, -0.2) is 63.4 Å². The van der Waals surface area contributed by atoms with Crippen LogP contribution in [0.15, 0.2) is 35.5 Å². The number of piperazine rings is 1. The molecule has 2 aliphatic rings. The number of amides is 1. The molecule has 0 spiro atoms. The number of fused-ring (bicyclic) bond motifs is 1. The largest absolute Gasteiger partial charge is 0.350 e. The Morgan fingerprint density at radius 1 is 1.21 bits per heavy atom. The summed E-state index contributed by atoms with van der Waals surface area (Å²) in [7, 11) is 1.99. The van der Waals surface area contributed by atoms with E-state index in [4.69, 9.17) is 0 Å². The maximum absolute atomic E-state index is 13.0. The van der Waals surface area contributed by atoms with Crippen LogP contribution in [0.4, 0.5) is 0 Å². The highest BCUT2D eigenvalue weighted by Gasteiger charge is 2.28. The zero-order valence-corrected chi connectivity index (χ0v) is 14.9. The molecule has 126 valence electrons. The van der Waals surface area contributed by atoms with Crippen LogP contribution >= 0.6 is 11.8 Å². The normalized spacial score (nSPS) is 21.4. The Balaban J connectivity index is 1.48. The molecule has 0 bridgehead atoms. The number of thioether (sulfide) groups is 1. The lowest BCUT2D eigenvalue weighted by molar-refractivity contribution is 0.0695. The van der Waals surface area contributed by atoms with Crippen molar-refractivity contribution < 1.29 is 4.79 Å². The minimum atomic E-state index is 0.140. The number of hydrogen-bond donors (Lipinski definition) is 0. The lowest BCUT2D eigenvalue weighted by Gasteiger charge is -2.35. The van der Waals surface area contributed by atoms with Gasteiger partial charge in [0, 0.05) is 55.6 Å². The lowest BCUT2D eigenvalue weighted by Crippen LogP contribution is -2.49. The zero-order chi connectivity index (χ0) is 16.7. The summed E-state index contributed by atoms with van der Waals surface area (Å²) in [6.45, 7) is 6.38. The molecule has 6 heteroatoms. The van der Waals surface area contributed by atoms with Crippen molar-refractivity contribution in [3.8, 4) is 0 Å². The fourth-order valence-corrected chi connectivity index (χ4v) is 4.41. The molecule has 1 unspecified atom stereocenters. The Hall–Kier alpha value is -1.95. The van der Waals surface area contributed by atoms with Gasteiger partial charge in [-0.1, -0.05) is 36.9 Å². The van der Waals surface area contributed by atoms with E-state index >= 15 is 0 Å². The highest BCUT2D eigenvalue weighted by Crippen LogP contribution is 2.25. The summed E-state index contributed by atoms with van der Waals surface area (Å²) >= 11 is 1.85. The number of aliphatic imine (C=N–C) groups is 1. The molecule has 1 atom stereocenters. The molecule has 1 amide bonds. The molecule has 3 heterocycles. The Bertz CT molecular complexity index is 804. The predicted octanol–water partition coefficient (Wildman–Crippen LogP) is 2.43. The van der Waals surface area contributed by atoms with Gasteiger partial charge in [0.1, 0.15) is 0 Å². The van der Waals surface area contributed by atoms with E-state index < -0.39 is 0 Å². The van der Waals surface area contributed by atoms with Crippen molar-refractivity contribution in [2.75, 3.05) is 32.7 Å². The number of aromatic nitrogens is 1. The average Bonchev–Trinajstić information content (AvgIpc) is 3.19. The van der Waals surface area contributed by atoms with Crippen molar-refractivity contribution >= 4 is 33.7 Å². The van der Waals surface area contributed by atoms with Gasteiger partial charge in [0.25, 0.3) is 5.91 Å². The Morgan fingerprint density at radius 2 is 1.96 bits per heavy atom. The molecule has 2 aliphatic heterocycles. The van der Waals surface area contributed by atoms with E-state index in [-0.39, 0.29) is 5.91 Å². The van der Waals surface area contributed by atoms with Crippen LogP contribution in [-0.2, 0) is 7.05 Å². The van der Waals surface area contributed by atoms with E-state index in [1.807, 2.05) is 52.7 Å². The summed E-state index contributed by atoms with van der Waals surface area (Å²) in [4.78, 5) is 21.9. The monoisotopic (exact) mass is 342 g/mol. The van der Waals surface area contributed by atoms with Gasteiger partial charge in [-0.05, 0) is 6.07 Å². The van der Waals surface area contributed by atoms with E-state index in [0.717, 1.165) is 54.4 Å².